The number of nitrogens with zero attached hydrogens (tertiary/aromatic N) is 3. The van der Waals surface area contributed by atoms with Crippen molar-refractivity contribution in [1.29, 1.82) is 0 Å². The Morgan fingerprint density at radius 2 is 2.03 bits per heavy atom. The van der Waals surface area contributed by atoms with Crippen LogP contribution in [0.5, 0.6) is 0 Å². The maximum absolute atomic E-state index is 12.0. The molecule has 0 aliphatic rings. The highest BCUT2D eigenvalue weighted by Crippen LogP contribution is 2.12. The summed E-state index contributed by atoms with van der Waals surface area (Å²) in [6.45, 7) is 4.25. The molecule has 1 heterocycles. The van der Waals surface area contributed by atoms with E-state index in [1.54, 1.807) is 6.20 Å². The summed E-state index contributed by atoms with van der Waals surface area (Å²) < 4.78 is 0. The van der Waals surface area contributed by atoms with E-state index in [1.807, 2.05) is 36.5 Å². The van der Waals surface area contributed by atoms with Crippen molar-refractivity contribution in [2.24, 2.45) is 10.8 Å². The average molecular weight is 398 g/mol. The number of aliphatic imine (C=N–C) groups is 1. The molecule has 0 saturated heterocycles. The highest BCUT2D eigenvalue weighted by atomic mass is 16.2. The SMILES string of the molecule is C=N/C(=C\N(N)CC(=O)NCCc1ccccc1)CCCCCc1c[nH]c(N)n1. The summed E-state index contributed by atoms with van der Waals surface area (Å²) in [6.07, 6.45) is 8.96. The Hall–Kier alpha value is -3.13. The van der Waals surface area contributed by atoms with E-state index in [-0.39, 0.29) is 12.5 Å². The van der Waals surface area contributed by atoms with Crippen LogP contribution in [-0.2, 0) is 17.6 Å². The summed E-state index contributed by atoms with van der Waals surface area (Å²) in [7, 11) is 0. The standard InChI is InChI=1S/C21H31N7O/c1-24-19(11-7-3-6-10-18-14-26-21(22)27-18)15-28(23)16-20(29)25-13-12-17-8-4-2-5-9-17/h2,4-5,8-9,14-15H,1,3,6-7,10-13,16,23H2,(H,25,29)(H3,22,26,27)/b19-15-. The van der Waals surface area contributed by atoms with Gasteiger partial charge in [-0.25, -0.2) is 10.8 Å². The smallest absolute Gasteiger partial charge is 0.241 e. The van der Waals surface area contributed by atoms with Gasteiger partial charge in [-0.15, -0.1) is 0 Å². The number of carbonyl (C=O) groups is 1. The van der Waals surface area contributed by atoms with Gasteiger partial charge in [-0.05, 0) is 44.4 Å². The first-order valence-electron chi connectivity index (χ1n) is 9.86. The third kappa shape index (κ3) is 9.07. The normalized spacial score (nSPS) is 11.3. The maximum atomic E-state index is 12.0. The van der Waals surface area contributed by atoms with Gasteiger partial charge in [0.1, 0.15) is 6.54 Å². The van der Waals surface area contributed by atoms with Gasteiger partial charge >= 0.3 is 0 Å². The first kappa shape index (κ1) is 22.2. The maximum Gasteiger partial charge on any atom is 0.241 e. The quantitative estimate of drug-likeness (QED) is 0.178. The zero-order chi connectivity index (χ0) is 20.9. The van der Waals surface area contributed by atoms with E-state index in [0.29, 0.717) is 12.5 Å². The average Bonchev–Trinajstić information content (AvgIpc) is 3.12. The van der Waals surface area contributed by atoms with Crippen LogP contribution in [0.1, 0.15) is 36.9 Å². The number of anilines is 1. The molecule has 8 heteroatoms. The minimum absolute atomic E-state index is 0.0778. The van der Waals surface area contributed by atoms with E-state index in [4.69, 9.17) is 11.6 Å². The lowest BCUT2D eigenvalue weighted by Crippen LogP contribution is -2.39. The molecule has 0 aliphatic heterocycles. The summed E-state index contributed by atoms with van der Waals surface area (Å²) in [6, 6.07) is 10.0. The number of aromatic nitrogens is 2. The Morgan fingerprint density at radius 1 is 1.24 bits per heavy atom. The van der Waals surface area contributed by atoms with Crippen LogP contribution in [-0.4, -0.2) is 40.7 Å². The van der Waals surface area contributed by atoms with E-state index in [1.165, 1.54) is 10.6 Å². The highest BCUT2D eigenvalue weighted by molar-refractivity contribution is 5.78. The van der Waals surface area contributed by atoms with E-state index in [9.17, 15) is 4.79 Å². The number of allylic oxidation sites excluding steroid dienone is 1. The van der Waals surface area contributed by atoms with Gasteiger partial charge < -0.3 is 21.0 Å². The van der Waals surface area contributed by atoms with E-state index in [2.05, 4.69) is 27.0 Å². The Labute approximate surface area is 172 Å². The molecule has 0 aliphatic carbocycles. The molecule has 2 aromatic rings. The second kappa shape index (κ2) is 12.4. The van der Waals surface area contributed by atoms with Gasteiger partial charge in [0.2, 0.25) is 5.91 Å². The fourth-order valence-corrected chi connectivity index (χ4v) is 2.93. The van der Waals surface area contributed by atoms with Crippen molar-refractivity contribution < 1.29 is 4.79 Å². The molecule has 156 valence electrons. The molecule has 0 bridgehead atoms. The predicted molar refractivity (Wildman–Crippen MR) is 117 cm³/mol. The fraction of sp³-hybridized carbons (Fsp3) is 0.381. The highest BCUT2D eigenvalue weighted by Gasteiger charge is 2.06. The van der Waals surface area contributed by atoms with Gasteiger partial charge in [0, 0.05) is 18.9 Å². The van der Waals surface area contributed by atoms with Crippen molar-refractivity contribution in [3.05, 3.63) is 59.7 Å². The predicted octanol–water partition coefficient (Wildman–Crippen LogP) is 2.17. The van der Waals surface area contributed by atoms with Gasteiger partial charge in [-0.1, -0.05) is 36.8 Å². The molecule has 1 aromatic heterocycles. The lowest BCUT2D eigenvalue weighted by atomic mass is 10.1. The van der Waals surface area contributed by atoms with Crippen molar-refractivity contribution in [2.45, 2.75) is 38.5 Å². The molecule has 1 amide bonds. The fourth-order valence-electron chi connectivity index (χ4n) is 2.93. The molecule has 0 saturated carbocycles. The van der Waals surface area contributed by atoms with Gasteiger partial charge in [0.05, 0.1) is 11.4 Å². The Kier molecular flexibility index (Phi) is 9.44. The monoisotopic (exact) mass is 397 g/mol. The molecular formula is C21H31N7O. The van der Waals surface area contributed by atoms with Crippen LogP contribution in [0.3, 0.4) is 0 Å². The van der Waals surface area contributed by atoms with Crippen molar-refractivity contribution in [2.75, 3.05) is 18.8 Å². The lowest BCUT2D eigenvalue weighted by molar-refractivity contribution is -0.121. The van der Waals surface area contributed by atoms with E-state index >= 15 is 0 Å². The van der Waals surface area contributed by atoms with Crippen LogP contribution < -0.4 is 16.9 Å². The number of nitrogens with two attached hydrogens (primary N) is 2. The summed E-state index contributed by atoms with van der Waals surface area (Å²) in [5.74, 6) is 6.26. The molecular weight excluding hydrogens is 366 g/mol. The van der Waals surface area contributed by atoms with Crippen molar-refractivity contribution in [3.63, 3.8) is 0 Å². The van der Waals surface area contributed by atoms with Gasteiger partial charge in [0.25, 0.3) is 0 Å². The molecule has 8 nitrogen and oxygen atoms in total. The lowest BCUT2D eigenvalue weighted by Gasteiger charge is -2.15. The van der Waals surface area contributed by atoms with Crippen LogP contribution in [0.4, 0.5) is 5.95 Å². The Balaban J connectivity index is 1.62. The van der Waals surface area contributed by atoms with Crippen LogP contribution in [0.2, 0.25) is 0 Å². The van der Waals surface area contributed by atoms with Crippen molar-refractivity contribution in [1.82, 2.24) is 20.3 Å². The number of imidazole rings is 1. The molecule has 0 atom stereocenters. The van der Waals surface area contributed by atoms with Crippen molar-refractivity contribution >= 4 is 18.6 Å². The minimum atomic E-state index is -0.124. The second-order valence-electron chi connectivity index (χ2n) is 6.87. The number of benzene rings is 1. The molecule has 0 fully saturated rings. The molecule has 2 rings (SSSR count). The first-order chi connectivity index (χ1) is 14.1. The third-order valence-electron chi connectivity index (χ3n) is 4.44. The molecule has 0 radical (unpaired) electrons. The zero-order valence-corrected chi connectivity index (χ0v) is 16.8. The molecule has 29 heavy (non-hydrogen) atoms. The number of rotatable bonds is 13. The number of unbranched alkanes of at least 4 members (excludes halogenated alkanes) is 2. The van der Waals surface area contributed by atoms with Crippen LogP contribution >= 0.6 is 0 Å². The Bertz CT molecular complexity index is 785. The molecule has 0 unspecified atom stereocenters. The van der Waals surface area contributed by atoms with E-state index < -0.39 is 0 Å². The van der Waals surface area contributed by atoms with Gasteiger partial charge in [-0.3, -0.25) is 9.79 Å². The number of nitrogen functional groups attached to an aromatic ring is 1. The van der Waals surface area contributed by atoms with Crippen LogP contribution in [0, 0.1) is 0 Å². The number of nitrogens with one attached hydrogen (secondary N) is 2. The number of carbonyl (C=O) groups excluding carboxylic acids is 1. The Morgan fingerprint density at radius 3 is 2.72 bits per heavy atom. The number of amides is 1. The van der Waals surface area contributed by atoms with Gasteiger partial charge in [0.15, 0.2) is 5.95 Å². The number of hydrogen-bond acceptors (Lipinski definition) is 6. The third-order valence-corrected chi connectivity index (χ3v) is 4.44. The number of H-pyrrole nitrogens is 1. The number of aromatic amines is 1. The second-order valence-corrected chi connectivity index (χ2v) is 6.87. The van der Waals surface area contributed by atoms with Gasteiger partial charge in [-0.2, -0.15) is 0 Å². The number of hydrazine groups is 1. The van der Waals surface area contributed by atoms with Crippen LogP contribution in [0.15, 0.2) is 53.4 Å². The summed E-state index contributed by atoms with van der Waals surface area (Å²) in [4.78, 5) is 23.1. The zero-order valence-electron chi connectivity index (χ0n) is 16.8. The molecule has 6 N–H and O–H groups in total. The summed E-state index contributed by atoms with van der Waals surface area (Å²) in [5, 5.41) is 4.23. The number of hydrogen-bond donors (Lipinski definition) is 4. The van der Waals surface area contributed by atoms with E-state index in [0.717, 1.165) is 49.9 Å². The van der Waals surface area contributed by atoms with Crippen LogP contribution in [0.25, 0.3) is 0 Å². The van der Waals surface area contributed by atoms with Crippen molar-refractivity contribution in [3.8, 4) is 0 Å². The molecule has 0 spiro atoms. The molecule has 1 aromatic carbocycles. The first-order valence-corrected chi connectivity index (χ1v) is 9.86. The minimum Gasteiger partial charge on any atom is -0.369 e. The number of aryl methyl sites for hydroxylation is 1. The largest absolute Gasteiger partial charge is 0.369 e. The summed E-state index contributed by atoms with van der Waals surface area (Å²) >= 11 is 0. The summed E-state index contributed by atoms with van der Waals surface area (Å²) in [5.41, 5.74) is 8.50. The topological polar surface area (TPSA) is 125 Å².